The molecule has 2 aliphatic heterocycles. The Kier molecular flexibility index (Phi) is 5.13. The maximum Gasteiger partial charge on any atom is 0.238 e. The molecular formula is C32H30N2O4. The van der Waals surface area contributed by atoms with Gasteiger partial charge in [-0.1, -0.05) is 49.4 Å². The van der Waals surface area contributed by atoms with E-state index in [0.29, 0.717) is 17.8 Å². The molecule has 2 heterocycles. The summed E-state index contributed by atoms with van der Waals surface area (Å²) in [4.78, 5) is 55.2. The Morgan fingerprint density at radius 1 is 0.684 bits per heavy atom. The normalized spacial score (nSPS) is 35.0. The van der Waals surface area contributed by atoms with Gasteiger partial charge in [0.05, 0.1) is 35.0 Å². The smallest absolute Gasteiger partial charge is 0.238 e. The zero-order valence-electron chi connectivity index (χ0n) is 21.3. The van der Waals surface area contributed by atoms with Crippen molar-refractivity contribution in [2.24, 2.45) is 47.3 Å². The molecular weight excluding hydrogens is 476 g/mol. The van der Waals surface area contributed by atoms with Crippen LogP contribution >= 0.6 is 0 Å². The molecule has 2 aromatic rings. The van der Waals surface area contributed by atoms with Gasteiger partial charge in [0.2, 0.25) is 23.6 Å². The standard InChI is InChI=1S/C32H30N2O4/c1-3-20-14-17(2)25-26(20)30(36)33(29(25)35)23-10-4-18(5-11-23)15-19-6-12-24(13-7-19)34-31(37)27-21-8-9-22(16-21)28(27)32(34)38/h3-13,17,20-22,25-28H,1,14-16H2,2H3. The zero-order valence-corrected chi connectivity index (χ0v) is 21.3. The van der Waals surface area contributed by atoms with Gasteiger partial charge in [0.1, 0.15) is 0 Å². The molecule has 2 aromatic carbocycles. The Balaban J connectivity index is 1.05. The van der Waals surface area contributed by atoms with Gasteiger partial charge < -0.3 is 0 Å². The fourth-order valence-electron chi connectivity index (χ4n) is 7.90. The van der Waals surface area contributed by atoms with Gasteiger partial charge in [-0.2, -0.15) is 0 Å². The van der Waals surface area contributed by atoms with Crippen LogP contribution in [0.25, 0.3) is 0 Å². The summed E-state index contributed by atoms with van der Waals surface area (Å²) in [6.45, 7) is 5.93. The first kappa shape index (κ1) is 23.3. The number of hydrogen-bond donors (Lipinski definition) is 0. The second-order valence-electron chi connectivity index (χ2n) is 11.7. The average Bonchev–Trinajstić information content (AvgIpc) is 3.71. The number of carbonyl (C=O) groups excluding carboxylic acids is 4. The molecule has 192 valence electrons. The van der Waals surface area contributed by atoms with Crippen LogP contribution in [0.15, 0.2) is 73.3 Å². The average molecular weight is 507 g/mol. The van der Waals surface area contributed by atoms with Crippen molar-refractivity contribution in [2.75, 3.05) is 9.80 Å². The summed E-state index contributed by atoms with van der Waals surface area (Å²) < 4.78 is 0. The van der Waals surface area contributed by atoms with Crippen LogP contribution in [0.3, 0.4) is 0 Å². The molecule has 3 aliphatic carbocycles. The molecule has 4 fully saturated rings. The molecule has 0 spiro atoms. The summed E-state index contributed by atoms with van der Waals surface area (Å²) >= 11 is 0. The lowest BCUT2D eigenvalue weighted by atomic mass is 9.85. The van der Waals surface area contributed by atoms with E-state index in [-0.39, 0.29) is 71.0 Å². The number of carbonyl (C=O) groups is 4. The lowest BCUT2D eigenvalue weighted by Gasteiger charge is -2.19. The summed E-state index contributed by atoms with van der Waals surface area (Å²) in [5, 5.41) is 0. The molecule has 2 saturated carbocycles. The predicted octanol–water partition coefficient (Wildman–Crippen LogP) is 4.54. The number of nitrogens with zero attached hydrogens (tertiary/aromatic N) is 2. The number of fused-ring (bicyclic) bond motifs is 6. The lowest BCUT2D eigenvalue weighted by molar-refractivity contribution is -0.124. The number of allylic oxidation sites excluding steroid dienone is 3. The molecule has 5 aliphatic rings. The topological polar surface area (TPSA) is 74.8 Å². The van der Waals surface area contributed by atoms with Crippen molar-refractivity contribution in [3.8, 4) is 0 Å². The quantitative estimate of drug-likeness (QED) is 0.441. The Labute approximate surface area is 222 Å². The number of hydrogen-bond acceptors (Lipinski definition) is 4. The predicted molar refractivity (Wildman–Crippen MR) is 143 cm³/mol. The fourth-order valence-corrected chi connectivity index (χ4v) is 7.90. The third-order valence-electron chi connectivity index (χ3n) is 9.69. The van der Waals surface area contributed by atoms with Gasteiger partial charge in [-0.05, 0) is 78.3 Å². The van der Waals surface area contributed by atoms with Crippen molar-refractivity contribution in [1.82, 2.24) is 0 Å². The van der Waals surface area contributed by atoms with E-state index in [1.165, 1.54) is 9.80 Å². The number of benzene rings is 2. The van der Waals surface area contributed by atoms with E-state index in [4.69, 9.17) is 0 Å². The summed E-state index contributed by atoms with van der Waals surface area (Å²) in [6.07, 6.45) is 8.45. The van der Waals surface area contributed by atoms with Crippen LogP contribution in [0.5, 0.6) is 0 Å². The van der Waals surface area contributed by atoms with Crippen LogP contribution in [0.4, 0.5) is 11.4 Å². The van der Waals surface area contributed by atoms with Gasteiger partial charge in [-0.3, -0.25) is 29.0 Å². The highest BCUT2D eigenvalue weighted by molar-refractivity contribution is 6.23. The van der Waals surface area contributed by atoms with E-state index in [9.17, 15) is 19.2 Å². The van der Waals surface area contributed by atoms with Crippen LogP contribution in [0.2, 0.25) is 0 Å². The molecule has 6 heteroatoms. The molecule has 6 nitrogen and oxygen atoms in total. The minimum atomic E-state index is -0.298. The lowest BCUT2D eigenvalue weighted by Crippen LogP contribution is -2.33. The highest BCUT2D eigenvalue weighted by atomic mass is 16.2. The van der Waals surface area contributed by atoms with Crippen molar-refractivity contribution in [3.63, 3.8) is 0 Å². The van der Waals surface area contributed by atoms with Crippen LogP contribution in [0, 0.1) is 47.3 Å². The minimum Gasteiger partial charge on any atom is -0.274 e. The van der Waals surface area contributed by atoms with Crippen molar-refractivity contribution in [3.05, 3.63) is 84.5 Å². The largest absolute Gasteiger partial charge is 0.274 e. The van der Waals surface area contributed by atoms with E-state index >= 15 is 0 Å². The molecule has 8 unspecified atom stereocenters. The Hall–Kier alpha value is -3.80. The van der Waals surface area contributed by atoms with Crippen molar-refractivity contribution < 1.29 is 19.2 Å². The van der Waals surface area contributed by atoms with Gasteiger partial charge in [-0.25, -0.2) is 0 Å². The SMILES string of the molecule is C=CC1CC(C)C2C(=O)N(c3ccc(Cc4ccc(N5C(=O)C6C7C=CC(C7)C6C5=O)cc4)cc3)C(=O)C12. The number of rotatable bonds is 5. The third-order valence-corrected chi connectivity index (χ3v) is 9.69. The highest BCUT2D eigenvalue weighted by Crippen LogP contribution is 2.53. The maximum absolute atomic E-state index is 13.2. The number of anilines is 2. The summed E-state index contributed by atoms with van der Waals surface area (Å²) in [6, 6.07) is 15.2. The van der Waals surface area contributed by atoms with Gasteiger partial charge in [0.15, 0.2) is 0 Å². The van der Waals surface area contributed by atoms with Crippen molar-refractivity contribution in [1.29, 1.82) is 0 Å². The molecule has 8 atom stereocenters. The summed E-state index contributed by atoms with van der Waals surface area (Å²) in [7, 11) is 0. The van der Waals surface area contributed by atoms with Crippen LogP contribution in [-0.4, -0.2) is 23.6 Å². The van der Waals surface area contributed by atoms with E-state index < -0.39 is 0 Å². The molecule has 2 bridgehead atoms. The van der Waals surface area contributed by atoms with Crippen LogP contribution < -0.4 is 9.80 Å². The molecule has 0 aromatic heterocycles. The second-order valence-corrected chi connectivity index (χ2v) is 11.7. The maximum atomic E-state index is 13.2. The highest BCUT2D eigenvalue weighted by Gasteiger charge is 2.59. The van der Waals surface area contributed by atoms with E-state index in [0.717, 1.165) is 24.0 Å². The third kappa shape index (κ3) is 3.19. The van der Waals surface area contributed by atoms with E-state index in [1.54, 1.807) is 0 Å². The second kappa shape index (κ2) is 8.35. The first-order valence-electron chi connectivity index (χ1n) is 13.6. The summed E-state index contributed by atoms with van der Waals surface area (Å²) in [5.74, 6) is -0.675. The van der Waals surface area contributed by atoms with Crippen LogP contribution in [0.1, 0.15) is 30.9 Å². The molecule has 4 amide bonds. The monoisotopic (exact) mass is 506 g/mol. The fraction of sp³-hybridized carbons (Fsp3) is 0.375. The van der Waals surface area contributed by atoms with E-state index in [1.807, 2.05) is 61.5 Å². The first-order valence-corrected chi connectivity index (χ1v) is 13.6. The number of imide groups is 2. The summed E-state index contributed by atoms with van der Waals surface area (Å²) in [5.41, 5.74) is 3.34. The molecule has 7 rings (SSSR count). The molecule has 0 radical (unpaired) electrons. The first-order chi connectivity index (χ1) is 18.4. The van der Waals surface area contributed by atoms with Gasteiger partial charge in [-0.15, -0.1) is 6.58 Å². The minimum absolute atomic E-state index is 0.0521. The molecule has 38 heavy (non-hydrogen) atoms. The Bertz CT molecular complexity index is 1380. The Morgan fingerprint density at radius 3 is 1.61 bits per heavy atom. The Morgan fingerprint density at radius 2 is 1.13 bits per heavy atom. The van der Waals surface area contributed by atoms with Crippen LogP contribution in [-0.2, 0) is 25.6 Å². The van der Waals surface area contributed by atoms with Gasteiger partial charge in [0.25, 0.3) is 0 Å². The number of amides is 4. The van der Waals surface area contributed by atoms with Crippen molar-refractivity contribution in [2.45, 2.75) is 26.2 Å². The van der Waals surface area contributed by atoms with E-state index in [2.05, 4.69) is 18.7 Å². The zero-order chi connectivity index (χ0) is 26.3. The van der Waals surface area contributed by atoms with Gasteiger partial charge >= 0.3 is 0 Å². The van der Waals surface area contributed by atoms with Gasteiger partial charge in [0, 0.05) is 0 Å². The molecule has 2 saturated heterocycles. The van der Waals surface area contributed by atoms with Crippen molar-refractivity contribution >= 4 is 35.0 Å². The molecule has 0 N–H and O–H groups in total.